The number of halogens is 1. The van der Waals surface area contributed by atoms with E-state index in [9.17, 15) is 4.79 Å². The summed E-state index contributed by atoms with van der Waals surface area (Å²) < 4.78 is 1.70. The summed E-state index contributed by atoms with van der Waals surface area (Å²) in [5, 5.41) is 14.3. The molecule has 0 aliphatic heterocycles. The molecule has 0 spiro atoms. The molecule has 0 saturated carbocycles. The van der Waals surface area contributed by atoms with Crippen molar-refractivity contribution in [3.63, 3.8) is 0 Å². The average molecular weight is 381 g/mol. The lowest BCUT2D eigenvalue weighted by molar-refractivity contribution is 0.102. The Morgan fingerprint density at radius 1 is 0.962 bits per heavy atom. The van der Waals surface area contributed by atoms with E-state index in [1.807, 2.05) is 42.5 Å². The molecule has 0 fully saturated rings. The minimum atomic E-state index is 0.0283. The Balaban J connectivity index is 1.56. The van der Waals surface area contributed by atoms with Crippen LogP contribution >= 0.6 is 23.4 Å². The van der Waals surface area contributed by atoms with Gasteiger partial charge in [-0.1, -0.05) is 53.7 Å². The predicted octanol–water partition coefficient (Wildman–Crippen LogP) is 4.42. The molecular weight excluding hydrogens is 368 g/mol. The van der Waals surface area contributed by atoms with Crippen molar-refractivity contribution in [2.75, 3.05) is 5.75 Å². The second-order valence-electron chi connectivity index (χ2n) is 5.55. The van der Waals surface area contributed by atoms with Crippen molar-refractivity contribution in [2.24, 2.45) is 0 Å². The van der Waals surface area contributed by atoms with E-state index in [2.05, 4.69) is 15.3 Å². The zero-order valence-corrected chi connectivity index (χ0v) is 15.1. The number of nitrogens with zero attached hydrogens (tertiary/aromatic N) is 4. The molecule has 2 heterocycles. The summed E-state index contributed by atoms with van der Waals surface area (Å²) in [6, 6.07) is 20.3. The maximum atomic E-state index is 12.3. The molecule has 26 heavy (non-hydrogen) atoms. The lowest BCUT2D eigenvalue weighted by Gasteiger charge is -2.03. The minimum absolute atomic E-state index is 0.0283. The summed E-state index contributed by atoms with van der Waals surface area (Å²) in [5.41, 5.74) is 2.24. The van der Waals surface area contributed by atoms with Gasteiger partial charge in [0.05, 0.1) is 5.75 Å². The van der Waals surface area contributed by atoms with E-state index in [0.29, 0.717) is 27.8 Å². The monoisotopic (exact) mass is 380 g/mol. The topological polar surface area (TPSA) is 60.2 Å². The van der Waals surface area contributed by atoms with Crippen LogP contribution in [0.2, 0.25) is 5.02 Å². The highest BCUT2D eigenvalue weighted by Gasteiger charge is 2.11. The van der Waals surface area contributed by atoms with Crippen molar-refractivity contribution >= 4 is 34.8 Å². The molecule has 0 saturated heterocycles. The third-order valence-electron chi connectivity index (χ3n) is 3.79. The number of aromatic nitrogens is 4. The first-order valence-electron chi connectivity index (χ1n) is 7.90. The van der Waals surface area contributed by atoms with Crippen LogP contribution in [0.5, 0.6) is 0 Å². The Morgan fingerprint density at radius 2 is 1.73 bits per heavy atom. The first-order valence-corrected chi connectivity index (χ1v) is 9.26. The molecule has 2 aromatic heterocycles. The average Bonchev–Trinajstić information content (AvgIpc) is 3.10. The number of hydrogen-bond acceptors (Lipinski definition) is 5. The number of Topliss-reactive ketones (excluding diaryl/α,β-unsaturated/α-hetero) is 1. The number of rotatable bonds is 5. The molecule has 0 aliphatic carbocycles. The van der Waals surface area contributed by atoms with Gasteiger partial charge in [-0.05, 0) is 36.4 Å². The summed E-state index contributed by atoms with van der Waals surface area (Å²) in [6.45, 7) is 0. The summed E-state index contributed by atoms with van der Waals surface area (Å²) in [6.07, 6.45) is 0. The fraction of sp³-hybridized carbons (Fsp3) is 0.0526. The van der Waals surface area contributed by atoms with Crippen molar-refractivity contribution in [1.29, 1.82) is 0 Å². The van der Waals surface area contributed by atoms with Crippen molar-refractivity contribution < 1.29 is 4.79 Å². The van der Waals surface area contributed by atoms with Crippen LogP contribution in [0.4, 0.5) is 0 Å². The molecule has 0 radical (unpaired) electrons. The van der Waals surface area contributed by atoms with E-state index >= 15 is 0 Å². The van der Waals surface area contributed by atoms with Gasteiger partial charge in [0.15, 0.2) is 17.3 Å². The third-order valence-corrected chi connectivity index (χ3v) is 4.96. The van der Waals surface area contributed by atoms with E-state index in [1.165, 1.54) is 11.8 Å². The van der Waals surface area contributed by atoms with Crippen LogP contribution in [0.1, 0.15) is 10.4 Å². The molecule has 0 amide bonds. The van der Waals surface area contributed by atoms with Gasteiger partial charge in [-0.25, -0.2) is 0 Å². The number of carbonyl (C=O) groups excluding carboxylic acids is 1. The van der Waals surface area contributed by atoms with Crippen LogP contribution in [-0.4, -0.2) is 31.3 Å². The van der Waals surface area contributed by atoms with Crippen LogP contribution in [0.15, 0.2) is 71.8 Å². The molecule has 5 nitrogen and oxygen atoms in total. The fourth-order valence-electron chi connectivity index (χ4n) is 2.47. The van der Waals surface area contributed by atoms with E-state index in [0.717, 1.165) is 10.6 Å². The van der Waals surface area contributed by atoms with Gasteiger partial charge >= 0.3 is 0 Å². The second kappa shape index (κ2) is 7.27. The second-order valence-corrected chi connectivity index (χ2v) is 6.98. The predicted molar refractivity (Wildman–Crippen MR) is 103 cm³/mol. The zero-order chi connectivity index (χ0) is 17.9. The van der Waals surface area contributed by atoms with E-state index in [-0.39, 0.29) is 5.78 Å². The van der Waals surface area contributed by atoms with Crippen LogP contribution in [-0.2, 0) is 0 Å². The van der Waals surface area contributed by atoms with Gasteiger partial charge in [-0.2, -0.15) is 9.61 Å². The molecule has 128 valence electrons. The van der Waals surface area contributed by atoms with Crippen molar-refractivity contribution in [3.05, 3.63) is 77.3 Å². The zero-order valence-electron chi connectivity index (χ0n) is 13.5. The van der Waals surface area contributed by atoms with Crippen molar-refractivity contribution in [1.82, 2.24) is 19.8 Å². The Bertz CT molecular complexity index is 1060. The number of carbonyl (C=O) groups is 1. The Hall–Kier alpha value is -2.70. The maximum absolute atomic E-state index is 12.3. The number of ketones is 1. The maximum Gasteiger partial charge on any atom is 0.185 e. The molecule has 0 atom stereocenters. The number of hydrogen-bond donors (Lipinski definition) is 0. The van der Waals surface area contributed by atoms with Gasteiger partial charge in [0, 0.05) is 16.1 Å². The van der Waals surface area contributed by atoms with Crippen molar-refractivity contribution in [2.45, 2.75) is 5.03 Å². The molecular formula is C19H13ClN4OS. The van der Waals surface area contributed by atoms with E-state index < -0.39 is 0 Å². The molecule has 0 bridgehead atoms. The Morgan fingerprint density at radius 3 is 2.50 bits per heavy atom. The number of fused-ring (bicyclic) bond motifs is 1. The SMILES string of the molecule is O=C(CSc1ccc2nnc(-c3ccccc3)n2n1)c1ccc(Cl)cc1. The lowest BCUT2D eigenvalue weighted by Crippen LogP contribution is -2.03. The first kappa shape index (κ1) is 16.8. The van der Waals surface area contributed by atoms with Gasteiger partial charge in [-0.15, -0.1) is 10.2 Å². The molecule has 0 unspecified atom stereocenters. The summed E-state index contributed by atoms with van der Waals surface area (Å²) in [4.78, 5) is 12.3. The van der Waals surface area contributed by atoms with Gasteiger partial charge in [0.25, 0.3) is 0 Å². The summed E-state index contributed by atoms with van der Waals surface area (Å²) >= 11 is 7.24. The molecule has 0 aliphatic rings. The van der Waals surface area contributed by atoms with Crippen LogP contribution in [0, 0.1) is 0 Å². The van der Waals surface area contributed by atoms with Gasteiger partial charge < -0.3 is 0 Å². The Labute approximate surface area is 159 Å². The van der Waals surface area contributed by atoms with Crippen LogP contribution < -0.4 is 0 Å². The quantitative estimate of drug-likeness (QED) is 0.379. The molecule has 2 aromatic carbocycles. The van der Waals surface area contributed by atoms with Gasteiger partial charge in [0.1, 0.15) is 5.03 Å². The minimum Gasteiger partial charge on any atom is -0.293 e. The van der Waals surface area contributed by atoms with E-state index in [4.69, 9.17) is 11.6 Å². The first-order chi connectivity index (χ1) is 12.7. The normalized spacial score (nSPS) is 11.0. The molecule has 7 heteroatoms. The third kappa shape index (κ3) is 3.47. The number of benzene rings is 2. The smallest absolute Gasteiger partial charge is 0.185 e. The van der Waals surface area contributed by atoms with Gasteiger partial charge in [-0.3, -0.25) is 4.79 Å². The highest BCUT2D eigenvalue weighted by atomic mass is 35.5. The lowest BCUT2D eigenvalue weighted by atomic mass is 10.1. The standard InChI is InChI=1S/C19H13ClN4OS/c20-15-8-6-13(7-9-15)16(25)12-26-18-11-10-17-21-22-19(24(17)23-18)14-4-2-1-3-5-14/h1-11H,12H2. The largest absolute Gasteiger partial charge is 0.293 e. The summed E-state index contributed by atoms with van der Waals surface area (Å²) in [7, 11) is 0. The summed E-state index contributed by atoms with van der Waals surface area (Å²) in [5.74, 6) is 0.996. The molecule has 4 aromatic rings. The highest BCUT2D eigenvalue weighted by molar-refractivity contribution is 7.99. The van der Waals surface area contributed by atoms with Gasteiger partial charge in [0.2, 0.25) is 0 Å². The van der Waals surface area contributed by atoms with Crippen LogP contribution in [0.25, 0.3) is 17.0 Å². The van der Waals surface area contributed by atoms with E-state index in [1.54, 1.807) is 28.8 Å². The fourth-order valence-corrected chi connectivity index (χ4v) is 3.35. The number of thioether (sulfide) groups is 1. The molecule has 0 N–H and O–H groups in total. The Kier molecular flexibility index (Phi) is 4.69. The highest BCUT2D eigenvalue weighted by Crippen LogP contribution is 2.21. The van der Waals surface area contributed by atoms with Crippen molar-refractivity contribution in [3.8, 4) is 11.4 Å². The molecule has 4 rings (SSSR count). The van der Waals surface area contributed by atoms with Crippen LogP contribution in [0.3, 0.4) is 0 Å².